The molecule has 1 heterocycles. The number of aliphatic imine (C=N–C) groups is 1. The number of fused-ring (bicyclic) bond motifs is 3. The molecule has 0 saturated heterocycles. The van der Waals surface area contributed by atoms with Crippen LogP contribution in [0.3, 0.4) is 0 Å². The number of nitrogens with zero attached hydrogens (tertiary/aromatic N) is 4. The van der Waals surface area contributed by atoms with Gasteiger partial charge in [0.15, 0.2) is 17.5 Å². The summed E-state index contributed by atoms with van der Waals surface area (Å²) in [6, 6.07) is 66.3. The molecule has 9 rings (SSSR count). The van der Waals surface area contributed by atoms with Crippen molar-refractivity contribution in [3.63, 3.8) is 0 Å². The maximum absolute atomic E-state index is 6.69. The molecular formula is C51H37N5. The van der Waals surface area contributed by atoms with E-state index in [2.05, 4.69) is 84.9 Å². The van der Waals surface area contributed by atoms with Crippen molar-refractivity contribution in [2.24, 2.45) is 10.7 Å². The van der Waals surface area contributed by atoms with Crippen LogP contribution >= 0.6 is 0 Å². The van der Waals surface area contributed by atoms with Gasteiger partial charge < -0.3 is 5.73 Å². The summed E-state index contributed by atoms with van der Waals surface area (Å²) in [4.78, 5) is 20.6. The molecule has 8 aromatic carbocycles. The zero-order chi connectivity index (χ0) is 37.7. The highest BCUT2D eigenvalue weighted by Crippen LogP contribution is 2.44. The molecule has 0 spiro atoms. The molecule has 0 radical (unpaired) electrons. The molecule has 0 aliphatic carbocycles. The predicted molar refractivity (Wildman–Crippen MR) is 232 cm³/mol. The first kappa shape index (κ1) is 34.3. The highest BCUT2D eigenvalue weighted by Gasteiger charge is 2.22. The molecule has 0 saturated carbocycles. The second-order valence-electron chi connectivity index (χ2n) is 13.6. The van der Waals surface area contributed by atoms with Crippen molar-refractivity contribution in [3.05, 3.63) is 217 Å². The summed E-state index contributed by atoms with van der Waals surface area (Å²) in [5.74, 6) is 1.85. The smallest absolute Gasteiger partial charge is 0.165 e. The van der Waals surface area contributed by atoms with E-state index in [-0.39, 0.29) is 0 Å². The largest absolute Gasteiger partial charge is 0.398 e. The van der Waals surface area contributed by atoms with Gasteiger partial charge >= 0.3 is 0 Å². The molecule has 56 heavy (non-hydrogen) atoms. The van der Waals surface area contributed by atoms with E-state index in [1.165, 1.54) is 0 Å². The standard InChI is InChI=1S/C51H37N5/c52-45(36-19-7-2-8-20-36)33-46(53-34-35-17-5-1-6-18-35)37-29-31-38(32-30-37)47-43-27-15-13-25-41(43)42-26-14-16-28-44(42)48(47)51-55-49(39-21-9-3-10-22-39)54-50(56-51)40-23-11-4-12-24-40/h1-33H,34,52H2/b45-33-,53-46+. The van der Waals surface area contributed by atoms with Gasteiger partial charge in [-0.1, -0.05) is 194 Å². The van der Waals surface area contributed by atoms with E-state index in [4.69, 9.17) is 25.7 Å². The maximum Gasteiger partial charge on any atom is 0.165 e. The third kappa shape index (κ3) is 6.97. The number of nitrogens with two attached hydrogens (primary N) is 1. The third-order valence-electron chi connectivity index (χ3n) is 10.00. The summed E-state index contributed by atoms with van der Waals surface area (Å²) in [7, 11) is 0. The van der Waals surface area contributed by atoms with Crippen molar-refractivity contribution in [1.29, 1.82) is 0 Å². The van der Waals surface area contributed by atoms with Crippen LogP contribution in [0.4, 0.5) is 0 Å². The van der Waals surface area contributed by atoms with Crippen LogP contribution in [0.2, 0.25) is 0 Å². The lowest BCUT2D eigenvalue weighted by atomic mass is 9.87. The van der Waals surface area contributed by atoms with Gasteiger partial charge in [0.1, 0.15) is 0 Å². The Kier molecular flexibility index (Phi) is 9.47. The summed E-state index contributed by atoms with van der Waals surface area (Å²) in [6.07, 6.45) is 1.98. The molecule has 0 aliphatic rings. The first-order chi connectivity index (χ1) is 27.7. The summed E-state index contributed by atoms with van der Waals surface area (Å²) < 4.78 is 0. The van der Waals surface area contributed by atoms with Gasteiger partial charge in [-0.3, -0.25) is 4.99 Å². The minimum Gasteiger partial charge on any atom is -0.398 e. The third-order valence-corrected chi connectivity index (χ3v) is 10.00. The van der Waals surface area contributed by atoms with Crippen LogP contribution in [0.5, 0.6) is 0 Å². The molecule has 0 unspecified atom stereocenters. The monoisotopic (exact) mass is 719 g/mol. The molecular weight excluding hydrogens is 683 g/mol. The van der Waals surface area contributed by atoms with Crippen molar-refractivity contribution in [1.82, 2.24) is 15.0 Å². The topological polar surface area (TPSA) is 77.0 Å². The van der Waals surface area contributed by atoms with E-state index in [0.29, 0.717) is 29.7 Å². The predicted octanol–water partition coefficient (Wildman–Crippen LogP) is 11.8. The van der Waals surface area contributed by atoms with Crippen molar-refractivity contribution in [2.75, 3.05) is 0 Å². The summed E-state index contributed by atoms with van der Waals surface area (Å²) >= 11 is 0. The van der Waals surface area contributed by atoms with E-state index < -0.39 is 0 Å². The highest BCUT2D eigenvalue weighted by atomic mass is 15.0. The lowest BCUT2D eigenvalue weighted by molar-refractivity contribution is 1.07. The first-order valence-electron chi connectivity index (χ1n) is 18.7. The fourth-order valence-electron chi connectivity index (χ4n) is 7.24. The highest BCUT2D eigenvalue weighted by molar-refractivity contribution is 6.21. The molecule has 1 aromatic heterocycles. The zero-order valence-electron chi connectivity index (χ0n) is 30.6. The number of aromatic nitrogens is 3. The Morgan fingerprint density at radius 1 is 0.411 bits per heavy atom. The van der Waals surface area contributed by atoms with Crippen LogP contribution < -0.4 is 5.73 Å². The quantitative estimate of drug-likeness (QED) is 0.119. The molecule has 0 bridgehead atoms. The number of hydrogen-bond donors (Lipinski definition) is 1. The van der Waals surface area contributed by atoms with Gasteiger partial charge in [-0.15, -0.1) is 0 Å². The summed E-state index contributed by atoms with van der Waals surface area (Å²) in [5.41, 5.74) is 16.1. The van der Waals surface area contributed by atoms with Crippen molar-refractivity contribution >= 4 is 33.0 Å². The average molecular weight is 720 g/mol. The van der Waals surface area contributed by atoms with Crippen molar-refractivity contribution in [3.8, 4) is 45.3 Å². The fraction of sp³-hybridized carbons (Fsp3) is 0.0196. The van der Waals surface area contributed by atoms with Gasteiger partial charge in [0, 0.05) is 28.0 Å². The fourth-order valence-corrected chi connectivity index (χ4v) is 7.24. The van der Waals surface area contributed by atoms with Crippen LogP contribution in [-0.4, -0.2) is 20.7 Å². The second-order valence-corrected chi connectivity index (χ2v) is 13.6. The number of hydrogen-bond acceptors (Lipinski definition) is 5. The number of allylic oxidation sites excluding steroid dienone is 1. The van der Waals surface area contributed by atoms with Crippen molar-refractivity contribution in [2.45, 2.75) is 6.54 Å². The SMILES string of the molecule is N/C(=C\C(=N/Cc1ccccc1)c1ccc(-c2c(-c3nc(-c4ccccc4)nc(-c4ccccc4)n3)c3ccccc3c3ccccc23)cc1)c1ccccc1. The molecule has 0 amide bonds. The Hall–Kier alpha value is -7.50. The Morgan fingerprint density at radius 3 is 1.41 bits per heavy atom. The minimum absolute atomic E-state index is 0.531. The van der Waals surface area contributed by atoms with E-state index in [9.17, 15) is 0 Å². The van der Waals surface area contributed by atoms with Gasteiger partial charge in [0.25, 0.3) is 0 Å². The van der Waals surface area contributed by atoms with Crippen LogP contribution in [0.1, 0.15) is 16.7 Å². The Morgan fingerprint density at radius 2 is 0.857 bits per heavy atom. The molecule has 266 valence electrons. The van der Waals surface area contributed by atoms with Crippen molar-refractivity contribution < 1.29 is 0 Å². The molecule has 5 heteroatoms. The lowest BCUT2D eigenvalue weighted by Crippen LogP contribution is -2.05. The van der Waals surface area contributed by atoms with Crippen LogP contribution in [0.25, 0.3) is 72.5 Å². The molecule has 5 nitrogen and oxygen atoms in total. The lowest BCUT2D eigenvalue weighted by Gasteiger charge is -2.18. The van der Waals surface area contributed by atoms with Crippen LogP contribution in [0.15, 0.2) is 205 Å². The molecule has 2 N–H and O–H groups in total. The normalized spacial score (nSPS) is 11.9. The number of benzene rings is 8. The second kappa shape index (κ2) is 15.5. The molecule has 0 aliphatic heterocycles. The Balaban J connectivity index is 1.25. The van der Waals surface area contributed by atoms with Gasteiger partial charge in [0.2, 0.25) is 0 Å². The van der Waals surface area contributed by atoms with Crippen LogP contribution in [0, 0.1) is 0 Å². The van der Waals surface area contributed by atoms with E-state index in [0.717, 1.165) is 71.8 Å². The van der Waals surface area contributed by atoms with Gasteiger partial charge in [0.05, 0.1) is 12.3 Å². The van der Waals surface area contributed by atoms with Crippen LogP contribution in [-0.2, 0) is 6.54 Å². The zero-order valence-corrected chi connectivity index (χ0v) is 30.6. The first-order valence-corrected chi connectivity index (χ1v) is 18.7. The maximum atomic E-state index is 6.69. The van der Waals surface area contributed by atoms with Gasteiger partial charge in [-0.2, -0.15) is 0 Å². The van der Waals surface area contributed by atoms with Gasteiger partial charge in [-0.05, 0) is 49.9 Å². The Labute approximate surface area is 326 Å². The van der Waals surface area contributed by atoms with E-state index in [1.54, 1.807) is 0 Å². The van der Waals surface area contributed by atoms with E-state index >= 15 is 0 Å². The Bertz CT molecular complexity index is 2790. The molecule has 9 aromatic rings. The minimum atomic E-state index is 0.531. The molecule has 0 fully saturated rings. The van der Waals surface area contributed by atoms with Gasteiger partial charge in [-0.25, -0.2) is 15.0 Å². The van der Waals surface area contributed by atoms with E-state index in [1.807, 2.05) is 115 Å². The average Bonchev–Trinajstić information content (AvgIpc) is 3.28. The summed E-state index contributed by atoms with van der Waals surface area (Å²) in [5, 5.41) is 4.48. The number of rotatable bonds is 9. The summed E-state index contributed by atoms with van der Waals surface area (Å²) in [6.45, 7) is 0.531. The molecule has 0 atom stereocenters.